The molecule has 24 heavy (non-hydrogen) atoms. The highest BCUT2D eigenvalue weighted by molar-refractivity contribution is 5.56. The second-order valence-corrected chi connectivity index (χ2v) is 5.45. The van der Waals surface area contributed by atoms with Gasteiger partial charge < -0.3 is 9.47 Å². The van der Waals surface area contributed by atoms with Crippen LogP contribution in [0.2, 0.25) is 0 Å². The predicted octanol–water partition coefficient (Wildman–Crippen LogP) is 4.12. The van der Waals surface area contributed by atoms with E-state index in [1.165, 1.54) is 0 Å². The van der Waals surface area contributed by atoms with E-state index in [2.05, 4.69) is 16.6 Å². The van der Waals surface area contributed by atoms with E-state index in [4.69, 9.17) is 9.47 Å². The summed E-state index contributed by atoms with van der Waals surface area (Å²) in [5.74, 6) is 2.86. The van der Waals surface area contributed by atoms with Crippen LogP contribution in [0.3, 0.4) is 0 Å². The molecule has 4 rings (SSSR count). The Labute approximate surface area is 139 Å². The molecule has 0 aromatic heterocycles. The van der Waals surface area contributed by atoms with Crippen molar-refractivity contribution in [1.29, 1.82) is 0 Å². The number of hydrogen-bond donors (Lipinski definition) is 0. The van der Waals surface area contributed by atoms with Crippen LogP contribution in [-0.4, -0.2) is 0 Å². The number of rotatable bonds is 2. The van der Waals surface area contributed by atoms with Crippen LogP contribution in [0.4, 0.5) is 5.69 Å². The molecule has 0 unspecified atom stereocenters. The fraction of sp³-hybridized carbons (Fsp3) is 0.100. The SMILES string of the molecule is C=CC/C=C1/Oc2cc3c(cc2=N/C1=C/C)Oc1ccccc1N=3. The number of fused-ring (bicyclic) bond motifs is 3. The van der Waals surface area contributed by atoms with Crippen LogP contribution in [0.15, 0.2) is 82.6 Å². The van der Waals surface area contributed by atoms with Gasteiger partial charge in [0, 0.05) is 12.1 Å². The maximum atomic E-state index is 6.03. The molecule has 0 aliphatic carbocycles. The van der Waals surface area contributed by atoms with Gasteiger partial charge in [0.25, 0.3) is 0 Å². The molecule has 0 radical (unpaired) electrons. The maximum absolute atomic E-state index is 6.03. The molecule has 118 valence electrons. The van der Waals surface area contributed by atoms with E-state index in [0.717, 1.165) is 40.0 Å². The van der Waals surface area contributed by atoms with Gasteiger partial charge in [-0.1, -0.05) is 24.3 Å². The fourth-order valence-corrected chi connectivity index (χ4v) is 2.66. The fourth-order valence-electron chi connectivity index (χ4n) is 2.66. The van der Waals surface area contributed by atoms with E-state index in [-0.39, 0.29) is 0 Å². The Morgan fingerprint density at radius 1 is 1.00 bits per heavy atom. The van der Waals surface area contributed by atoms with E-state index in [9.17, 15) is 0 Å². The summed E-state index contributed by atoms with van der Waals surface area (Å²) in [5, 5.41) is 1.49. The first-order valence-electron chi connectivity index (χ1n) is 7.82. The van der Waals surface area contributed by atoms with Crippen molar-refractivity contribution in [2.45, 2.75) is 13.3 Å². The van der Waals surface area contributed by atoms with Gasteiger partial charge in [0.05, 0.1) is 0 Å². The molecule has 2 aromatic rings. The van der Waals surface area contributed by atoms with Crippen LogP contribution in [0.5, 0.6) is 17.2 Å². The lowest BCUT2D eigenvalue weighted by atomic mass is 10.2. The summed E-state index contributed by atoms with van der Waals surface area (Å²) in [4.78, 5) is 9.32. The molecule has 0 N–H and O–H groups in total. The van der Waals surface area contributed by atoms with Gasteiger partial charge in [0.2, 0.25) is 0 Å². The van der Waals surface area contributed by atoms with Crippen molar-refractivity contribution in [2.75, 3.05) is 0 Å². The molecule has 2 aromatic carbocycles. The summed E-state index contributed by atoms with van der Waals surface area (Å²) in [6, 6.07) is 11.4. The molecule has 2 aliphatic heterocycles. The quantitative estimate of drug-likeness (QED) is 0.668. The van der Waals surface area contributed by atoms with E-state index < -0.39 is 0 Å². The zero-order valence-corrected chi connectivity index (χ0v) is 13.3. The van der Waals surface area contributed by atoms with Crippen LogP contribution in [0.1, 0.15) is 13.3 Å². The zero-order valence-electron chi connectivity index (χ0n) is 13.3. The topological polar surface area (TPSA) is 43.2 Å². The van der Waals surface area contributed by atoms with Crippen LogP contribution in [-0.2, 0) is 0 Å². The van der Waals surface area contributed by atoms with Crippen molar-refractivity contribution in [3.05, 3.63) is 83.4 Å². The lowest BCUT2D eigenvalue weighted by molar-refractivity contribution is 0.410. The minimum Gasteiger partial charge on any atom is -0.453 e. The lowest BCUT2D eigenvalue weighted by Gasteiger charge is -2.19. The molecule has 0 bridgehead atoms. The number of ether oxygens (including phenoxy) is 2. The molecule has 2 heterocycles. The molecule has 0 saturated carbocycles. The second-order valence-electron chi connectivity index (χ2n) is 5.45. The summed E-state index contributed by atoms with van der Waals surface area (Å²) in [7, 11) is 0. The summed E-state index contributed by atoms with van der Waals surface area (Å²) in [6.07, 6.45) is 6.45. The second kappa shape index (κ2) is 5.81. The van der Waals surface area contributed by atoms with Gasteiger partial charge in [0.1, 0.15) is 27.9 Å². The highest BCUT2D eigenvalue weighted by atomic mass is 16.5. The van der Waals surface area contributed by atoms with Crippen LogP contribution >= 0.6 is 0 Å². The molecule has 0 fully saturated rings. The first kappa shape index (κ1) is 14.5. The molecular formula is C20H16N2O2. The molecule has 0 amide bonds. The van der Waals surface area contributed by atoms with E-state index >= 15 is 0 Å². The van der Waals surface area contributed by atoms with Crippen molar-refractivity contribution < 1.29 is 9.47 Å². The van der Waals surface area contributed by atoms with Crippen LogP contribution in [0.25, 0.3) is 0 Å². The van der Waals surface area contributed by atoms with Crippen molar-refractivity contribution >= 4 is 5.69 Å². The highest BCUT2D eigenvalue weighted by Gasteiger charge is 2.18. The van der Waals surface area contributed by atoms with Crippen LogP contribution < -0.4 is 20.2 Å². The third-order valence-electron chi connectivity index (χ3n) is 3.82. The van der Waals surface area contributed by atoms with E-state index in [0.29, 0.717) is 11.5 Å². The molecule has 0 atom stereocenters. The number of para-hydroxylation sites is 2. The molecule has 0 spiro atoms. The lowest BCUT2D eigenvalue weighted by Crippen LogP contribution is -2.21. The van der Waals surface area contributed by atoms with Gasteiger partial charge in [-0.25, -0.2) is 9.98 Å². The third-order valence-corrected chi connectivity index (χ3v) is 3.82. The number of allylic oxidation sites excluding steroid dienone is 3. The first-order chi connectivity index (χ1) is 11.8. The minimum absolute atomic E-state index is 0.682. The summed E-state index contributed by atoms with van der Waals surface area (Å²) >= 11 is 0. The van der Waals surface area contributed by atoms with Gasteiger partial charge in [0.15, 0.2) is 17.2 Å². The average Bonchev–Trinajstić information content (AvgIpc) is 2.62. The van der Waals surface area contributed by atoms with Gasteiger partial charge >= 0.3 is 0 Å². The highest BCUT2D eigenvalue weighted by Crippen LogP contribution is 2.33. The Morgan fingerprint density at radius 2 is 1.75 bits per heavy atom. The number of benzene rings is 2. The van der Waals surface area contributed by atoms with Gasteiger partial charge in [-0.3, -0.25) is 0 Å². The smallest absolute Gasteiger partial charge is 0.155 e. The molecule has 4 heteroatoms. The molecular weight excluding hydrogens is 300 g/mol. The summed E-state index contributed by atoms with van der Waals surface area (Å²) in [5.41, 5.74) is 1.62. The Morgan fingerprint density at radius 3 is 2.54 bits per heavy atom. The van der Waals surface area contributed by atoms with Gasteiger partial charge in [-0.2, -0.15) is 0 Å². The molecule has 0 saturated heterocycles. The van der Waals surface area contributed by atoms with Gasteiger partial charge in [-0.15, -0.1) is 6.58 Å². The first-order valence-corrected chi connectivity index (χ1v) is 7.82. The maximum Gasteiger partial charge on any atom is 0.155 e. The standard InChI is InChI=1S/C20H16N2O2/c1-3-5-9-17-13(4-2)21-15-11-20-16(12-19(15)23-17)22-14-8-6-7-10-18(14)24-20/h3-4,6-12H,1,5H2,2H3/b13-4+,17-9+. The Balaban J connectivity index is 1.87. The summed E-state index contributed by atoms with van der Waals surface area (Å²) in [6.45, 7) is 5.68. The van der Waals surface area contributed by atoms with Crippen LogP contribution in [0, 0.1) is 0 Å². The predicted molar refractivity (Wildman–Crippen MR) is 92.2 cm³/mol. The third kappa shape index (κ3) is 2.42. The van der Waals surface area contributed by atoms with Crippen molar-refractivity contribution in [3.8, 4) is 17.2 Å². The van der Waals surface area contributed by atoms with Crippen molar-refractivity contribution in [3.63, 3.8) is 0 Å². The summed E-state index contributed by atoms with van der Waals surface area (Å²) < 4.78 is 12.0. The number of hydrogen-bond acceptors (Lipinski definition) is 4. The molecule has 4 nitrogen and oxygen atoms in total. The zero-order chi connectivity index (χ0) is 16.5. The monoisotopic (exact) mass is 316 g/mol. The van der Waals surface area contributed by atoms with E-state index in [1.807, 2.05) is 61.5 Å². The normalized spacial score (nSPS) is 17.5. The van der Waals surface area contributed by atoms with Crippen molar-refractivity contribution in [2.24, 2.45) is 9.98 Å². The van der Waals surface area contributed by atoms with Crippen molar-refractivity contribution in [1.82, 2.24) is 0 Å². The largest absolute Gasteiger partial charge is 0.453 e. The number of nitrogens with zero attached hydrogens (tertiary/aromatic N) is 2. The van der Waals surface area contributed by atoms with Gasteiger partial charge in [-0.05, 0) is 31.6 Å². The molecule has 2 aliphatic rings. The minimum atomic E-state index is 0.682. The van der Waals surface area contributed by atoms with E-state index in [1.54, 1.807) is 0 Å². The average molecular weight is 316 g/mol. The Hall–Kier alpha value is -3.14. The Kier molecular flexibility index (Phi) is 3.50. The Bertz CT molecular complexity index is 1020.